The number of amides is 1. The van der Waals surface area contributed by atoms with E-state index in [-0.39, 0.29) is 11.8 Å². The highest BCUT2D eigenvalue weighted by Gasteiger charge is 2.41. The number of nitrogens with one attached hydrogen (secondary N) is 1. The summed E-state index contributed by atoms with van der Waals surface area (Å²) in [4.78, 5) is 18.3. The van der Waals surface area contributed by atoms with Crippen molar-refractivity contribution in [2.45, 2.75) is 39.3 Å². The van der Waals surface area contributed by atoms with Gasteiger partial charge in [0.1, 0.15) is 0 Å². The molecule has 0 unspecified atom stereocenters. The number of hydrogen-bond donors (Lipinski definition) is 1. The van der Waals surface area contributed by atoms with E-state index in [1.165, 1.54) is 0 Å². The zero-order valence-electron chi connectivity index (χ0n) is 12.2. The summed E-state index contributed by atoms with van der Waals surface area (Å²) in [6.45, 7) is 6.46. The van der Waals surface area contributed by atoms with Crippen molar-refractivity contribution in [1.29, 1.82) is 0 Å². The number of nitrogens with zero attached hydrogens (tertiary/aromatic N) is 3. The molecule has 0 radical (unpaired) electrons. The molecule has 2 rings (SSSR count). The van der Waals surface area contributed by atoms with Gasteiger partial charge in [-0.25, -0.2) is 0 Å². The second kappa shape index (κ2) is 4.92. The fraction of sp³-hybridized carbons (Fsp3) is 0.769. The van der Waals surface area contributed by atoms with E-state index in [2.05, 4.69) is 22.4 Å². The summed E-state index contributed by atoms with van der Waals surface area (Å²) in [5, 5.41) is 6.96. The van der Waals surface area contributed by atoms with Crippen LogP contribution in [0.25, 0.3) is 0 Å². The van der Waals surface area contributed by atoms with Gasteiger partial charge in [0.15, 0.2) is 5.82 Å². The van der Waals surface area contributed by atoms with Crippen LogP contribution in [0.3, 0.4) is 0 Å². The van der Waals surface area contributed by atoms with Crippen molar-refractivity contribution in [3.8, 4) is 0 Å². The SMILES string of the molecule is C[C@H]1C[C@@H]1C(=O)NC(C)(C)c1noc(CN(C)C)n1. The normalized spacial score (nSPS) is 22.6. The Morgan fingerprint density at radius 2 is 2.16 bits per heavy atom. The lowest BCUT2D eigenvalue weighted by atomic mass is 10.0. The third-order valence-electron chi connectivity index (χ3n) is 3.36. The highest BCUT2D eigenvalue weighted by molar-refractivity contribution is 5.82. The molecular weight excluding hydrogens is 244 g/mol. The van der Waals surface area contributed by atoms with Crippen LogP contribution in [0.1, 0.15) is 38.9 Å². The van der Waals surface area contributed by atoms with Crippen molar-refractivity contribution in [2.24, 2.45) is 11.8 Å². The molecular formula is C13H22N4O2. The molecule has 1 heterocycles. The number of carbonyl (C=O) groups is 1. The summed E-state index contributed by atoms with van der Waals surface area (Å²) in [5.74, 6) is 1.79. The molecule has 106 valence electrons. The second-order valence-electron chi connectivity index (χ2n) is 6.18. The van der Waals surface area contributed by atoms with E-state index in [9.17, 15) is 4.79 Å². The monoisotopic (exact) mass is 266 g/mol. The maximum absolute atomic E-state index is 12.0. The average molecular weight is 266 g/mol. The first kappa shape index (κ1) is 14.0. The van der Waals surface area contributed by atoms with Gasteiger partial charge in [-0.3, -0.25) is 4.79 Å². The Morgan fingerprint density at radius 1 is 1.53 bits per heavy atom. The van der Waals surface area contributed by atoms with Crippen molar-refractivity contribution in [2.75, 3.05) is 14.1 Å². The molecule has 1 saturated carbocycles. The molecule has 1 fully saturated rings. The minimum Gasteiger partial charge on any atom is -0.344 e. The smallest absolute Gasteiger partial charge is 0.240 e. The zero-order chi connectivity index (χ0) is 14.2. The van der Waals surface area contributed by atoms with Gasteiger partial charge in [-0.15, -0.1) is 0 Å². The van der Waals surface area contributed by atoms with Crippen LogP contribution < -0.4 is 5.32 Å². The van der Waals surface area contributed by atoms with Crippen molar-refractivity contribution >= 4 is 5.91 Å². The van der Waals surface area contributed by atoms with E-state index < -0.39 is 5.54 Å². The molecule has 1 amide bonds. The Bertz CT molecular complexity index is 467. The lowest BCUT2D eigenvalue weighted by Gasteiger charge is -2.22. The van der Waals surface area contributed by atoms with Crippen LogP contribution in [0.15, 0.2) is 4.52 Å². The quantitative estimate of drug-likeness (QED) is 0.865. The number of rotatable bonds is 5. The summed E-state index contributed by atoms with van der Waals surface area (Å²) in [7, 11) is 3.87. The first-order valence-corrected chi connectivity index (χ1v) is 6.59. The van der Waals surface area contributed by atoms with Crippen LogP contribution in [0.5, 0.6) is 0 Å². The molecule has 1 aliphatic carbocycles. The van der Waals surface area contributed by atoms with E-state index in [1.54, 1.807) is 0 Å². The minimum absolute atomic E-state index is 0.0801. The highest BCUT2D eigenvalue weighted by Crippen LogP contribution is 2.38. The van der Waals surface area contributed by atoms with Crippen LogP contribution in [-0.2, 0) is 16.9 Å². The van der Waals surface area contributed by atoms with Crippen molar-refractivity contribution in [3.63, 3.8) is 0 Å². The Morgan fingerprint density at radius 3 is 2.68 bits per heavy atom. The maximum atomic E-state index is 12.0. The minimum atomic E-state index is -0.604. The highest BCUT2D eigenvalue weighted by atomic mass is 16.5. The van der Waals surface area contributed by atoms with Crippen LogP contribution >= 0.6 is 0 Å². The molecule has 1 N–H and O–H groups in total. The molecule has 1 aliphatic rings. The third-order valence-corrected chi connectivity index (χ3v) is 3.36. The molecule has 2 atom stereocenters. The van der Waals surface area contributed by atoms with Gasteiger partial charge in [0, 0.05) is 5.92 Å². The molecule has 6 heteroatoms. The van der Waals surface area contributed by atoms with Crippen molar-refractivity contribution in [3.05, 3.63) is 11.7 Å². The maximum Gasteiger partial charge on any atom is 0.240 e. The van der Waals surface area contributed by atoms with Gasteiger partial charge in [0.25, 0.3) is 0 Å². The van der Waals surface area contributed by atoms with E-state index >= 15 is 0 Å². The summed E-state index contributed by atoms with van der Waals surface area (Å²) in [6, 6.07) is 0. The summed E-state index contributed by atoms with van der Waals surface area (Å²) in [6.07, 6.45) is 0.972. The van der Waals surface area contributed by atoms with Crippen LogP contribution in [0.4, 0.5) is 0 Å². The standard InChI is InChI=1S/C13H22N4O2/c1-8-6-9(8)11(18)15-13(2,3)12-14-10(19-16-12)7-17(4)5/h8-9H,6-7H2,1-5H3,(H,15,18)/t8-,9-/m0/s1. The Labute approximate surface area is 113 Å². The predicted molar refractivity (Wildman–Crippen MR) is 70.1 cm³/mol. The summed E-state index contributed by atoms with van der Waals surface area (Å²) in [5.41, 5.74) is -0.604. The molecule has 0 spiro atoms. The number of hydrogen-bond acceptors (Lipinski definition) is 5. The Kier molecular flexibility index (Phi) is 3.62. The molecule has 1 aromatic heterocycles. The topological polar surface area (TPSA) is 71.3 Å². The summed E-state index contributed by atoms with van der Waals surface area (Å²) < 4.78 is 5.19. The number of carbonyl (C=O) groups excluding carboxylic acids is 1. The average Bonchev–Trinajstić information content (AvgIpc) is 2.82. The predicted octanol–water partition coefficient (Wildman–Crippen LogP) is 1.14. The first-order chi connectivity index (χ1) is 8.79. The largest absolute Gasteiger partial charge is 0.344 e. The van der Waals surface area contributed by atoms with Crippen molar-refractivity contribution < 1.29 is 9.32 Å². The van der Waals surface area contributed by atoms with Crippen LogP contribution in [0.2, 0.25) is 0 Å². The molecule has 0 aliphatic heterocycles. The second-order valence-corrected chi connectivity index (χ2v) is 6.18. The van der Waals surface area contributed by atoms with Crippen molar-refractivity contribution in [1.82, 2.24) is 20.4 Å². The van der Waals surface area contributed by atoms with Crippen LogP contribution in [-0.4, -0.2) is 35.0 Å². The molecule has 0 aromatic carbocycles. The fourth-order valence-electron chi connectivity index (χ4n) is 1.99. The zero-order valence-corrected chi connectivity index (χ0v) is 12.2. The molecule has 0 bridgehead atoms. The Balaban J connectivity index is 2.02. The molecule has 19 heavy (non-hydrogen) atoms. The Hall–Kier alpha value is -1.43. The lowest BCUT2D eigenvalue weighted by Crippen LogP contribution is -2.42. The summed E-state index contributed by atoms with van der Waals surface area (Å²) >= 11 is 0. The van der Waals surface area contributed by atoms with Gasteiger partial charge in [-0.05, 0) is 40.3 Å². The van der Waals surface area contributed by atoms with E-state index in [0.717, 1.165) is 6.42 Å². The van der Waals surface area contributed by atoms with Gasteiger partial charge in [-0.1, -0.05) is 12.1 Å². The molecule has 6 nitrogen and oxygen atoms in total. The fourth-order valence-corrected chi connectivity index (χ4v) is 1.99. The first-order valence-electron chi connectivity index (χ1n) is 6.59. The van der Waals surface area contributed by atoms with E-state index in [1.807, 2.05) is 32.8 Å². The van der Waals surface area contributed by atoms with Gasteiger partial charge in [0.2, 0.25) is 11.8 Å². The van der Waals surface area contributed by atoms with Gasteiger partial charge in [-0.2, -0.15) is 4.98 Å². The van der Waals surface area contributed by atoms with Gasteiger partial charge in [0.05, 0.1) is 12.1 Å². The van der Waals surface area contributed by atoms with Crippen LogP contribution in [0, 0.1) is 11.8 Å². The van der Waals surface area contributed by atoms with E-state index in [0.29, 0.717) is 24.2 Å². The third kappa shape index (κ3) is 3.32. The van der Waals surface area contributed by atoms with Gasteiger partial charge >= 0.3 is 0 Å². The molecule has 0 saturated heterocycles. The lowest BCUT2D eigenvalue weighted by molar-refractivity contribution is -0.124. The molecule has 1 aromatic rings. The van der Waals surface area contributed by atoms with Gasteiger partial charge < -0.3 is 14.7 Å². The number of aromatic nitrogens is 2. The van der Waals surface area contributed by atoms with E-state index in [4.69, 9.17) is 4.52 Å².